The van der Waals surface area contributed by atoms with Gasteiger partial charge in [0.2, 0.25) is 5.91 Å². The van der Waals surface area contributed by atoms with Crippen molar-refractivity contribution in [3.05, 3.63) is 29.6 Å². The molecule has 0 aliphatic carbocycles. The predicted octanol–water partition coefficient (Wildman–Crippen LogP) is 0.772. The van der Waals surface area contributed by atoms with Crippen molar-refractivity contribution in [2.75, 3.05) is 20.3 Å². The van der Waals surface area contributed by atoms with Crippen LogP contribution >= 0.6 is 0 Å². The van der Waals surface area contributed by atoms with Gasteiger partial charge in [0.1, 0.15) is 11.6 Å². The second kappa shape index (κ2) is 7.70. The second-order valence-electron chi connectivity index (χ2n) is 4.16. The Labute approximate surface area is 111 Å². The van der Waals surface area contributed by atoms with E-state index in [4.69, 9.17) is 4.74 Å². The lowest BCUT2D eigenvalue weighted by Gasteiger charge is -2.14. The zero-order valence-corrected chi connectivity index (χ0v) is 11.1. The minimum Gasteiger partial charge on any atom is -0.508 e. The molecule has 0 spiro atoms. The number of amides is 1. The van der Waals surface area contributed by atoms with Gasteiger partial charge in [-0.2, -0.15) is 0 Å². The summed E-state index contributed by atoms with van der Waals surface area (Å²) >= 11 is 0. The lowest BCUT2D eigenvalue weighted by molar-refractivity contribution is -0.123. The zero-order chi connectivity index (χ0) is 14.3. The van der Waals surface area contributed by atoms with E-state index in [9.17, 15) is 14.3 Å². The fourth-order valence-corrected chi connectivity index (χ4v) is 1.48. The van der Waals surface area contributed by atoms with Crippen LogP contribution in [0.4, 0.5) is 4.39 Å². The molecular formula is C13H19FN2O3. The van der Waals surface area contributed by atoms with Crippen molar-refractivity contribution in [3.63, 3.8) is 0 Å². The molecule has 3 N–H and O–H groups in total. The van der Waals surface area contributed by atoms with Crippen molar-refractivity contribution in [1.82, 2.24) is 10.6 Å². The molecule has 0 fully saturated rings. The molecule has 0 radical (unpaired) electrons. The van der Waals surface area contributed by atoms with Crippen LogP contribution in [-0.2, 0) is 16.1 Å². The SMILES string of the molecule is COCCNC(=O)C(C)NCc1cc(F)ccc1O. The first-order valence-electron chi connectivity index (χ1n) is 6.02. The van der Waals surface area contributed by atoms with Gasteiger partial charge in [-0.15, -0.1) is 0 Å². The lowest BCUT2D eigenvalue weighted by atomic mass is 10.2. The smallest absolute Gasteiger partial charge is 0.236 e. The molecule has 0 aliphatic rings. The Balaban J connectivity index is 2.42. The summed E-state index contributed by atoms with van der Waals surface area (Å²) in [7, 11) is 1.56. The minimum absolute atomic E-state index is 0.000825. The van der Waals surface area contributed by atoms with Crippen molar-refractivity contribution in [3.8, 4) is 5.75 Å². The van der Waals surface area contributed by atoms with Gasteiger partial charge in [0, 0.05) is 25.8 Å². The molecule has 106 valence electrons. The number of aromatic hydroxyl groups is 1. The van der Waals surface area contributed by atoms with Gasteiger partial charge >= 0.3 is 0 Å². The number of carbonyl (C=O) groups excluding carboxylic acids is 1. The monoisotopic (exact) mass is 270 g/mol. The van der Waals surface area contributed by atoms with E-state index >= 15 is 0 Å². The van der Waals surface area contributed by atoms with Crippen LogP contribution in [0.2, 0.25) is 0 Å². The topological polar surface area (TPSA) is 70.6 Å². The number of benzene rings is 1. The third kappa shape index (κ3) is 5.23. The van der Waals surface area contributed by atoms with Crippen LogP contribution in [0.25, 0.3) is 0 Å². The maximum absolute atomic E-state index is 13.0. The van der Waals surface area contributed by atoms with Gasteiger partial charge in [0.15, 0.2) is 0 Å². The van der Waals surface area contributed by atoms with Gasteiger partial charge in [-0.25, -0.2) is 4.39 Å². The highest BCUT2D eigenvalue weighted by molar-refractivity contribution is 5.81. The maximum Gasteiger partial charge on any atom is 0.236 e. The molecule has 1 unspecified atom stereocenters. The lowest BCUT2D eigenvalue weighted by Crippen LogP contribution is -2.42. The molecule has 6 heteroatoms. The van der Waals surface area contributed by atoms with Gasteiger partial charge in [-0.3, -0.25) is 4.79 Å². The summed E-state index contributed by atoms with van der Waals surface area (Å²) in [6.45, 7) is 2.79. The number of nitrogens with one attached hydrogen (secondary N) is 2. The van der Waals surface area contributed by atoms with E-state index in [1.807, 2.05) is 0 Å². The fourth-order valence-electron chi connectivity index (χ4n) is 1.48. The van der Waals surface area contributed by atoms with Crippen LogP contribution in [0.5, 0.6) is 5.75 Å². The van der Waals surface area contributed by atoms with Gasteiger partial charge < -0.3 is 20.5 Å². The third-order valence-corrected chi connectivity index (χ3v) is 2.64. The minimum atomic E-state index is -0.445. The van der Waals surface area contributed by atoms with Crippen LogP contribution in [0.1, 0.15) is 12.5 Å². The number of hydrogen-bond acceptors (Lipinski definition) is 4. The highest BCUT2D eigenvalue weighted by atomic mass is 19.1. The summed E-state index contributed by atoms with van der Waals surface area (Å²) < 4.78 is 17.8. The summed E-state index contributed by atoms with van der Waals surface area (Å²) in [5.74, 6) is -0.597. The Bertz CT molecular complexity index is 426. The van der Waals surface area contributed by atoms with Crippen molar-refractivity contribution < 1.29 is 19.0 Å². The molecule has 1 rings (SSSR count). The number of phenols is 1. The Kier molecular flexibility index (Phi) is 6.24. The number of halogens is 1. The van der Waals surface area contributed by atoms with E-state index in [2.05, 4.69) is 10.6 Å². The molecule has 0 heterocycles. The van der Waals surface area contributed by atoms with E-state index in [0.717, 1.165) is 0 Å². The van der Waals surface area contributed by atoms with Gasteiger partial charge in [0.05, 0.1) is 12.6 Å². The van der Waals surface area contributed by atoms with E-state index in [1.165, 1.54) is 18.2 Å². The number of carbonyl (C=O) groups is 1. The summed E-state index contributed by atoms with van der Waals surface area (Å²) in [6.07, 6.45) is 0. The van der Waals surface area contributed by atoms with Gasteiger partial charge in [0.25, 0.3) is 0 Å². The fraction of sp³-hybridized carbons (Fsp3) is 0.462. The van der Waals surface area contributed by atoms with E-state index in [1.54, 1.807) is 14.0 Å². The van der Waals surface area contributed by atoms with Crippen LogP contribution in [0, 0.1) is 5.82 Å². The van der Waals surface area contributed by atoms with E-state index in [-0.39, 0.29) is 18.2 Å². The van der Waals surface area contributed by atoms with Crippen molar-refractivity contribution >= 4 is 5.91 Å². The Hall–Kier alpha value is -1.66. The van der Waals surface area contributed by atoms with E-state index < -0.39 is 11.9 Å². The number of hydrogen-bond donors (Lipinski definition) is 3. The van der Waals surface area contributed by atoms with Gasteiger partial charge in [-0.05, 0) is 25.1 Å². The second-order valence-corrected chi connectivity index (χ2v) is 4.16. The van der Waals surface area contributed by atoms with Crippen LogP contribution in [0.15, 0.2) is 18.2 Å². The van der Waals surface area contributed by atoms with Crippen LogP contribution < -0.4 is 10.6 Å². The molecule has 19 heavy (non-hydrogen) atoms. The first-order chi connectivity index (χ1) is 9.04. The van der Waals surface area contributed by atoms with Crippen molar-refractivity contribution in [2.24, 2.45) is 0 Å². The maximum atomic E-state index is 13.0. The first-order valence-corrected chi connectivity index (χ1v) is 6.02. The molecule has 0 bridgehead atoms. The summed E-state index contributed by atoms with van der Waals surface area (Å²) in [6, 6.07) is 3.26. The number of rotatable bonds is 7. The van der Waals surface area contributed by atoms with Crippen LogP contribution in [-0.4, -0.2) is 37.3 Å². The number of phenolic OH excluding ortho intramolecular Hbond substituents is 1. The summed E-state index contributed by atoms with van der Waals surface area (Å²) in [5, 5.41) is 15.1. The standard InChI is InChI=1S/C13H19FN2O3/c1-9(13(18)15-5-6-19-2)16-8-10-7-11(14)3-4-12(10)17/h3-4,7,9,16-17H,5-6,8H2,1-2H3,(H,15,18). The largest absolute Gasteiger partial charge is 0.508 e. The summed E-state index contributed by atoms with van der Waals surface area (Å²) in [5.41, 5.74) is 0.413. The zero-order valence-electron chi connectivity index (χ0n) is 11.1. The Morgan fingerprint density at radius 2 is 2.26 bits per heavy atom. The molecule has 1 amide bonds. The normalized spacial score (nSPS) is 12.2. The summed E-state index contributed by atoms with van der Waals surface area (Å²) in [4.78, 5) is 11.6. The Morgan fingerprint density at radius 3 is 2.95 bits per heavy atom. The molecule has 0 aromatic heterocycles. The van der Waals surface area contributed by atoms with Gasteiger partial charge in [-0.1, -0.05) is 0 Å². The molecular weight excluding hydrogens is 251 g/mol. The van der Waals surface area contributed by atoms with Crippen LogP contribution in [0.3, 0.4) is 0 Å². The molecule has 1 atom stereocenters. The first kappa shape index (κ1) is 15.4. The number of methoxy groups -OCH3 is 1. The predicted molar refractivity (Wildman–Crippen MR) is 69.3 cm³/mol. The van der Waals surface area contributed by atoms with Crippen molar-refractivity contribution in [1.29, 1.82) is 0 Å². The van der Waals surface area contributed by atoms with Crippen molar-refractivity contribution in [2.45, 2.75) is 19.5 Å². The third-order valence-electron chi connectivity index (χ3n) is 2.64. The molecule has 0 saturated heterocycles. The average molecular weight is 270 g/mol. The molecule has 0 saturated carbocycles. The molecule has 1 aromatic carbocycles. The highest BCUT2D eigenvalue weighted by Gasteiger charge is 2.12. The average Bonchev–Trinajstić information content (AvgIpc) is 2.39. The highest BCUT2D eigenvalue weighted by Crippen LogP contribution is 2.17. The quantitative estimate of drug-likeness (QED) is 0.640. The molecule has 0 aliphatic heterocycles. The molecule has 5 nitrogen and oxygen atoms in total. The number of ether oxygens (including phenoxy) is 1. The molecule has 1 aromatic rings. The Morgan fingerprint density at radius 1 is 1.53 bits per heavy atom. The van der Waals surface area contributed by atoms with E-state index in [0.29, 0.717) is 18.7 Å².